The van der Waals surface area contributed by atoms with E-state index >= 15 is 0 Å². The van der Waals surface area contributed by atoms with Crippen molar-refractivity contribution in [2.75, 3.05) is 34.2 Å². The van der Waals surface area contributed by atoms with E-state index in [1.807, 2.05) is 6.07 Å². The van der Waals surface area contributed by atoms with Crippen molar-refractivity contribution in [3.63, 3.8) is 0 Å². The van der Waals surface area contributed by atoms with Crippen LogP contribution in [-0.4, -0.2) is 91.3 Å². The maximum atomic E-state index is 12.3. The molecule has 200 valence electrons. The van der Waals surface area contributed by atoms with Gasteiger partial charge in [0.1, 0.15) is 30.5 Å². The van der Waals surface area contributed by atoms with Crippen molar-refractivity contribution in [2.45, 2.75) is 42.7 Å². The van der Waals surface area contributed by atoms with Crippen LogP contribution in [0.1, 0.15) is 33.5 Å². The molecule has 3 aliphatic rings. The number of hydrogen-bond acceptors (Lipinski definition) is 12. The van der Waals surface area contributed by atoms with Crippen molar-refractivity contribution in [1.82, 2.24) is 0 Å². The largest absolute Gasteiger partial charge is 0.493 e. The molecule has 1 saturated heterocycles. The topological polar surface area (TPSA) is 163 Å². The summed E-state index contributed by atoms with van der Waals surface area (Å²) < 4.78 is 39.0. The molecule has 3 heterocycles. The molecular formula is C25H28O12. The van der Waals surface area contributed by atoms with Crippen LogP contribution in [0.15, 0.2) is 30.3 Å². The summed E-state index contributed by atoms with van der Waals surface area (Å²) in [4.78, 5) is 12.3. The second-order valence-electron chi connectivity index (χ2n) is 8.88. The Balaban J connectivity index is 1.49. The third kappa shape index (κ3) is 4.56. The van der Waals surface area contributed by atoms with Crippen molar-refractivity contribution in [2.24, 2.45) is 0 Å². The number of fused-ring (bicyclic) bond motifs is 2. The van der Waals surface area contributed by atoms with Crippen LogP contribution in [0.3, 0.4) is 0 Å². The summed E-state index contributed by atoms with van der Waals surface area (Å²) >= 11 is 0. The molecule has 12 heteroatoms. The first-order valence-corrected chi connectivity index (χ1v) is 11.6. The number of rotatable bonds is 7. The van der Waals surface area contributed by atoms with Gasteiger partial charge in [-0.1, -0.05) is 6.07 Å². The van der Waals surface area contributed by atoms with E-state index in [4.69, 9.17) is 33.2 Å². The van der Waals surface area contributed by atoms with Crippen LogP contribution in [0, 0.1) is 0 Å². The van der Waals surface area contributed by atoms with Gasteiger partial charge in [0.2, 0.25) is 6.79 Å². The second kappa shape index (κ2) is 10.3. The molecule has 7 atom stereocenters. The van der Waals surface area contributed by atoms with E-state index < -0.39 is 55.3 Å². The van der Waals surface area contributed by atoms with E-state index in [0.717, 1.165) is 5.56 Å². The molecule has 5 rings (SSSR count). The van der Waals surface area contributed by atoms with Crippen LogP contribution in [0.2, 0.25) is 0 Å². The molecular weight excluding hydrogens is 492 g/mol. The molecule has 2 aromatic carbocycles. The van der Waals surface area contributed by atoms with Crippen molar-refractivity contribution in [1.29, 1.82) is 0 Å². The highest BCUT2D eigenvalue weighted by Crippen LogP contribution is 2.52. The zero-order valence-corrected chi connectivity index (χ0v) is 20.1. The monoisotopic (exact) mass is 520 g/mol. The van der Waals surface area contributed by atoms with Gasteiger partial charge in [-0.3, -0.25) is 0 Å². The highest BCUT2D eigenvalue weighted by Gasteiger charge is 2.46. The van der Waals surface area contributed by atoms with Gasteiger partial charge in [-0.05, 0) is 29.8 Å². The minimum Gasteiger partial charge on any atom is -0.493 e. The molecule has 1 fully saturated rings. The smallest absolute Gasteiger partial charge is 0.337 e. The van der Waals surface area contributed by atoms with Crippen LogP contribution in [-0.2, 0) is 14.2 Å². The molecule has 0 unspecified atom stereocenters. The fourth-order valence-corrected chi connectivity index (χ4v) is 4.76. The zero-order chi connectivity index (χ0) is 26.3. The number of aliphatic hydroxyl groups is 4. The lowest BCUT2D eigenvalue weighted by Crippen LogP contribution is -2.59. The number of carbonyl (C=O) groups excluding carboxylic acids is 1. The SMILES string of the molecule is COC(=O)c1cc(OC)c2c(c1)[C@H](CO[C@@H]1O[C@H](CO)[C@@H](O)[C@H](O)[C@H]1O)[C@@H](c1ccc3c(c1)OCO3)O2. The fraction of sp³-hybridized carbons (Fsp3) is 0.480. The molecule has 0 aliphatic carbocycles. The number of aliphatic hydroxyl groups excluding tert-OH is 4. The fourth-order valence-electron chi connectivity index (χ4n) is 4.76. The maximum Gasteiger partial charge on any atom is 0.337 e. The van der Waals surface area contributed by atoms with Crippen LogP contribution >= 0.6 is 0 Å². The van der Waals surface area contributed by atoms with Crippen molar-refractivity contribution in [3.05, 3.63) is 47.0 Å². The molecule has 0 spiro atoms. The molecule has 0 saturated carbocycles. The van der Waals surface area contributed by atoms with Crippen LogP contribution < -0.4 is 18.9 Å². The molecule has 0 amide bonds. The summed E-state index contributed by atoms with van der Waals surface area (Å²) in [5.74, 6) is 0.758. The Kier molecular flexibility index (Phi) is 7.12. The van der Waals surface area contributed by atoms with Gasteiger partial charge in [-0.2, -0.15) is 0 Å². The molecule has 0 bridgehead atoms. The van der Waals surface area contributed by atoms with E-state index in [1.165, 1.54) is 20.3 Å². The van der Waals surface area contributed by atoms with E-state index in [2.05, 4.69) is 0 Å². The molecule has 37 heavy (non-hydrogen) atoms. The first kappa shape index (κ1) is 25.5. The van der Waals surface area contributed by atoms with Gasteiger partial charge in [0.05, 0.1) is 38.9 Å². The lowest BCUT2D eigenvalue weighted by molar-refractivity contribution is -0.302. The number of esters is 1. The average Bonchev–Trinajstić information content (AvgIpc) is 3.54. The third-order valence-electron chi connectivity index (χ3n) is 6.75. The Labute approximate surface area is 211 Å². The van der Waals surface area contributed by atoms with Gasteiger partial charge < -0.3 is 53.6 Å². The van der Waals surface area contributed by atoms with Gasteiger partial charge in [0.25, 0.3) is 0 Å². The van der Waals surface area contributed by atoms with Crippen LogP contribution in [0.5, 0.6) is 23.0 Å². The first-order chi connectivity index (χ1) is 17.9. The molecule has 4 N–H and O–H groups in total. The molecule has 2 aromatic rings. The average molecular weight is 520 g/mol. The highest BCUT2D eigenvalue weighted by molar-refractivity contribution is 5.90. The predicted molar refractivity (Wildman–Crippen MR) is 123 cm³/mol. The Bertz CT molecular complexity index is 1150. The van der Waals surface area contributed by atoms with Gasteiger partial charge in [0.15, 0.2) is 29.3 Å². The standard InChI is InChI=1S/C25H28O12/c1-31-17-7-12(24(30)32-2)5-13-14(9-33-25-21(29)20(28)19(27)18(8-26)36-25)22(37-23(13)17)11-3-4-15-16(6-11)35-10-34-15/h3-7,14,18-22,25-29H,8-10H2,1-2H3/t14-,18+,19+,20-,21+,22+,25+/m0/s1. The van der Waals surface area contributed by atoms with E-state index in [9.17, 15) is 25.2 Å². The third-order valence-corrected chi connectivity index (χ3v) is 6.75. The normalized spacial score (nSPS) is 29.9. The van der Waals surface area contributed by atoms with Crippen LogP contribution in [0.4, 0.5) is 0 Å². The molecule has 12 nitrogen and oxygen atoms in total. The summed E-state index contributed by atoms with van der Waals surface area (Å²) in [6.45, 7) is -0.577. The number of ether oxygens (including phenoxy) is 7. The van der Waals surface area contributed by atoms with E-state index in [1.54, 1.807) is 18.2 Å². The Morgan fingerprint density at radius 2 is 1.81 bits per heavy atom. The lowest BCUT2D eigenvalue weighted by Gasteiger charge is -2.40. The Hall–Kier alpha value is -3.13. The summed E-state index contributed by atoms with van der Waals surface area (Å²) in [7, 11) is 2.72. The summed E-state index contributed by atoms with van der Waals surface area (Å²) in [6, 6.07) is 8.50. The van der Waals surface area contributed by atoms with Gasteiger partial charge in [0, 0.05) is 5.56 Å². The van der Waals surface area contributed by atoms with Gasteiger partial charge >= 0.3 is 5.97 Å². The molecule has 3 aliphatic heterocycles. The van der Waals surface area contributed by atoms with Crippen molar-refractivity contribution < 1.29 is 58.4 Å². The molecule has 0 aromatic heterocycles. The van der Waals surface area contributed by atoms with Crippen LogP contribution in [0.25, 0.3) is 0 Å². The molecule has 0 radical (unpaired) electrons. The minimum atomic E-state index is -1.58. The second-order valence-corrected chi connectivity index (χ2v) is 8.88. The number of hydrogen-bond donors (Lipinski definition) is 4. The number of benzene rings is 2. The number of methoxy groups -OCH3 is 2. The van der Waals surface area contributed by atoms with E-state index in [-0.39, 0.29) is 19.0 Å². The van der Waals surface area contributed by atoms with Gasteiger partial charge in [-0.25, -0.2) is 4.79 Å². The summed E-state index contributed by atoms with van der Waals surface area (Å²) in [6.07, 6.45) is -7.76. The lowest BCUT2D eigenvalue weighted by atomic mass is 9.90. The highest BCUT2D eigenvalue weighted by atomic mass is 16.7. The first-order valence-electron chi connectivity index (χ1n) is 11.6. The van der Waals surface area contributed by atoms with Gasteiger partial charge in [-0.15, -0.1) is 0 Å². The zero-order valence-electron chi connectivity index (χ0n) is 20.1. The van der Waals surface area contributed by atoms with E-state index in [0.29, 0.717) is 28.6 Å². The predicted octanol–water partition coefficient (Wildman–Crippen LogP) is 0.244. The Morgan fingerprint density at radius 3 is 2.54 bits per heavy atom. The number of carbonyl (C=O) groups is 1. The minimum absolute atomic E-state index is 0.0947. The Morgan fingerprint density at radius 1 is 1.03 bits per heavy atom. The summed E-state index contributed by atoms with van der Waals surface area (Å²) in [5.41, 5.74) is 1.56. The quantitative estimate of drug-likeness (QED) is 0.369. The summed E-state index contributed by atoms with van der Waals surface area (Å²) in [5, 5.41) is 40.1. The van der Waals surface area contributed by atoms with Crippen molar-refractivity contribution >= 4 is 5.97 Å². The van der Waals surface area contributed by atoms with Crippen molar-refractivity contribution in [3.8, 4) is 23.0 Å². The maximum absolute atomic E-state index is 12.3.